The Morgan fingerprint density at radius 1 is 1.35 bits per heavy atom. The molecule has 0 radical (unpaired) electrons. The largest absolute Gasteiger partial charge is 0.324 e. The fourth-order valence-corrected chi connectivity index (χ4v) is 4.10. The van der Waals surface area contributed by atoms with E-state index in [1.54, 1.807) is 6.07 Å². The molecule has 1 aromatic heterocycles. The molecule has 7 heteroatoms. The number of anilines is 1. The zero-order valence-electron chi connectivity index (χ0n) is 14.0. The van der Waals surface area contributed by atoms with Gasteiger partial charge in [0.2, 0.25) is 5.91 Å². The van der Waals surface area contributed by atoms with E-state index in [1.807, 2.05) is 6.07 Å². The third-order valence-electron chi connectivity index (χ3n) is 4.16. The summed E-state index contributed by atoms with van der Waals surface area (Å²) in [6.45, 7) is 0. The van der Waals surface area contributed by atoms with Crippen molar-refractivity contribution >= 4 is 39.3 Å². The van der Waals surface area contributed by atoms with Crippen molar-refractivity contribution in [3.63, 3.8) is 0 Å². The summed E-state index contributed by atoms with van der Waals surface area (Å²) in [6.07, 6.45) is 4.39. The quantitative estimate of drug-likeness (QED) is 0.683. The average Bonchev–Trinajstić information content (AvgIpc) is 2.63. The maximum absolute atomic E-state index is 13.8. The monoisotopic (exact) mass is 433 g/mol. The van der Waals surface area contributed by atoms with Crippen LogP contribution in [0.25, 0.3) is 0 Å². The van der Waals surface area contributed by atoms with Crippen LogP contribution in [0.2, 0.25) is 0 Å². The van der Waals surface area contributed by atoms with Crippen molar-refractivity contribution in [2.45, 2.75) is 37.1 Å². The summed E-state index contributed by atoms with van der Waals surface area (Å²) < 4.78 is 14.4. The van der Waals surface area contributed by atoms with E-state index < -0.39 is 5.82 Å². The highest BCUT2D eigenvalue weighted by Gasteiger charge is 2.16. The smallest absolute Gasteiger partial charge is 0.225 e. The number of aromatic nitrogens is 1. The standard InChI is InChI=1S/C19H17BrFN3OS/c20-14-5-6-17(15(21)10-14)23-18(25)7-8-26-19-13(11-22)9-12-3-1-2-4-16(12)24-19/h5-6,9-10H,1-4,7-8H2,(H,23,25). The van der Waals surface area contributed by atoms with Gasteiger partial charge in [0.05, 0.1) is 11.3 Å². The van der Waals surface area contributed by atoms with E-state index in [1.165, 1.54) is 29.5 Å². The molecule has 26 heavy (non-hydrogen) atoms. The zero-order valence-corrected chi connectivity index (χ0v) is 16.4. The molecule has 1 N–H and O–H groups in total. The van der Waals surface area contributed by atoms with Crippen molar-refractivity contribution in [2.75, 3.05) is 11.1 Å². The highest BCUT2D eigenvalue weighted by atomic mass is 79.9. The van der Waals surface area contributed by atoms with Gasteiger partial charge >= 0.3 is 0 Å². The van der Waals surface area contributed by atoms with Crippen molar-refractivity contribution < 1.29 is 9.18 Å². The van der Waals surface area contributed by atoms with E-state index in [-0.39, 0.29) is 18.0 Å². The SMILES string of the molecule is N#Cc1cc2c(nc1SCCC(=O)Nc1ccc(Br)cc1F)CCCC2. The van der Waals surface area contributed by atoms with Gasteiger partial charge in [-0.3, -0.25) is 4.79 Å². The molecule has 1 amide bonds. The molecule has 0 unspecified atom stereocenters. The zero-order chi connectivity index (χ0) is 18.5. The predicted octanol–water partition coefficient (Wildman–Crippen LogP) is 4.85. The average molecular weight is 434 g/mol. The van der Waals surface area contributed by atoms with E-state index in [9.17, 15) is 14.4 Å². The summed E-state index contributed by atoms with van der Waals surface area (Å²) in [5.74, 6) is -0.275. The lowest BCUT2D eigenvalue weighted by molar-refractivity contribution is -0.115. The molecule has 1 aromatic carbocycles. The van der Waals surface area contributed by atoms with Crippen LogP contribution in [0.5, 0.6) is 0 Å². The van der Waals surface area contributed by atoms with Crippen LogP contribution < -0.4 is 5.32 Å². The Bertz CT molecular complexity index is 882. The summed E-state index contributed by atoms with van der Waals surface area (Å²) in [5.41, 5.74) is 2.96. The van der Waals surface area contributed by atoms with Gasteiger partial charge in [0.1, 0.15) is 16.9 Å². The number of nitriles is 1. The number of nitrogens with zero attached hydrogens (tertiary/aromatic N) is 2. The van der Waals surface area contributed by atoms with Crippen LogP contribution in [0, 0.1) is 17.1 Å². The number of benzene rings is 1. The number of nitrogens with one attached hydrogen (secondary N) is 1. The van der Waals surface area contributed by atoms with E-state index in [4.69, 9.17) is 0 Å². The second kappa shape index (κ2) is 8.65. The summed E-state index contributed by atoms with van der Waals surface area (Å²) >= 11 is 4.57. The fraction of sp³-hybridized carbons (Fsp3) is 0.316. The lowest BCUT2D eigenvalue weighted by Gasteiger charge is -2.16. The van der Waals surface area contributed by atoms with Gasteiger partial charge in [-0.2, -0.15) is 5.26 Å². The van der Waals surface area contributed by atoms with Crippen LogP contribution in [0.1, 0.15) is 36.1 Å². The lowest BCUT2D eigenvalue weighted by Crippen LogP contribution is -2.13. The first-order valence-corrected chi connectivity index (χ1v) is 10.2. The molecule has 0 bridgehead atoms. The van der Waals surface area contributed by atoms with Crippen LogP contribution in [-0.4, -0.2) is 16.6 Å². The van der Waals surface area contributed by atoms with Crippen LogP contribution in [-0.2, 0) is 17.6 Å². The number of rotatable bonds is 5. The minimum atomic E-state index is -0.483. The number of halogens is 2. The van der Waals surface area contributed by atoms with Crippen molar-refractivity contribution in [2.24, 2.45) is 0 Å². The first-order chi connectivity index (χ1) is 12.6. The number of carbonyl (C=O) groups is 1. The normalized spacial score (nSPS) is 13.0. The van der Waals surface area contributed by atoms with E-state index >= 15 is 0 Å². The molecular formula is C19H17BrFN3OS. The lowest BCUT2D eigenvalue weighted by atomic mass is 9.95. The Morgan fingerprint density at radius 2 is 2.15 bits per heavy atom. The maximum atomic E-state index is 13.8. The number of amides is 1. The Balaban J connectivity index is 1.59. The summed E-state index contributed by atoms with van der Waals surface area (Å²) in [4.78, 5) is 16.7. The van der Waals surface area contributed by atoms with Crippen LogP contribution in [0.15, 0.2) is 33.8 Å². The van der Waals surface area contributed by atoms with Crippen LogP contribution in [0.3, 0.4) is 0 Å². The van der Waals surface area contributed by atoms with Gasteiger partial charge in [-0.05, 0) is 55.5 Å². The maximum Gasteiger partial charge on any atom is 0.225 e. The molecule has 3 rings (SSSR count). The highest BCUT2D eigenvalue weighted by molar-refractivity contribution is 9.10. The number of hydrogen-bond acceptors (Lipinski definition) is 4. The van der Waals surface area contributed by atoms with E-state index in [2.05, 4.69) is 32.3 Å². The summed E-state index contributed by atoms with van der Waals surface area (Å²) in [5, 5.41) is 12.6. The van der Waals surface area contributed by atoms with Crippen LogP contribution >= 0.6 is 27.7 Å². The molecule has 1 aliphatic rings. The third kappa shape index (κ3) is 4.63. The van der Waals surface area contributed by atoms with Crippen molar-refractivity contribution in [3.8, 4) is 6.07 Å². The molecule has 0 saturated carbocycles. The minimum Gasteiger partial charge on any atom is -0.324 e. The van der Waals surface area contributed by atoms with Crippen LogP contribution in [0.4, 0.5) is 10.1 Å². The molecule has 2 aromatic rings. The first-order valence-electron chi connectivity index (χ1n) is 8.37. The molecule has 0 aliphatic heterocycles. The number of carbonyl (C=O) groups excluding carboxylic acids is 1. The van der Waals surface area contributed by atoms with Gasteiger partial charge in [-0.1, -0.05) is 15.9 Å². The van der Waals surface area contributed by atoms with Crippen molar-refractivity contribution in [1.82, 2.24) is 4.98 Å². The van der Waals surface area contributed by atoms with Crippen molar-refractivity contribution in [3.05, 3.63) is 51.4 Å². The Labute approximate surface area is 164 Å². The second-order valence-electron chi connectivity index (χ2n) is 6.04. The Hall–Kier alpha value is -1.91. The molecule has 0 atom stereocenters. The number of hydrogen-bond donors (Lipinski definition) is 1. The van der Waals surface area contributed by atoms with Gasteiger partial charge < -0.3 is 5.32 Å². The minimum absolute atomic E-state index is 0.160. The van der Waals surface area contributed by atoms with E-state index in [0.717, 1.165) is 31.4 Å². The highest BCUT2D eigenvalue weighted by Crippen LogP contribution is 2.28. The summed E-state index contributed by atoms with van der Waals surface area (Å²) in [7, 11) is 0. The van der Waals surface area contributed by atoms with Gasteiger partial charge in [0, 0.05) is 22.3 Å². The molecule has 1 heterocycles. The number of fused-ring (bicyclic) bond motifs is 1. The molecule has 1 aliphatic carbocycles. The summed E-state index contributed by atoms with van der Waals surface area (Å²) in [6, 6.07) is 8.62. The van der Waals surface area contributed by atoms with Gasteiger partial charge in [-0.25, -0.2) is 9.37 Å². The molecule has 0 fully saturated rings. The topological polar surface area (TPSA) is 65.8 Å². The van der Waals surface area contributed by atoms with Gasteiger partial charge in [0.15, 0.2) is 0 Å². The van der Waals surface area contributed by atoms with Crippen molar-refractivity contribution in [1.29, 1.82) is 5.26 Å². The predicted molar refractivity (Wildman–Crippen MR) is 104 cm³/mol. The Kier molecular flexibility index (Phi) is 6.28. The molecule has 0 spiro atoms. The van der Waals surface area contributed by atoms with E-state index in [0.29, 0.717) is 20.8 Å². The third-order valence-corrected chi connectivity index (χ3v) is 5.65. The van der Waals surface area contributed by atoms with Gasteiger partial charge in [-0.15, -0.1) is 11.8 Å². The molecular weight excluding hydrogens is 417 g/mol. The molecule has 0 saturated heterocycles. The molecule has 134 valence electrons. The number of aryl methyl sites for hydroxylation is 2. The fourth-order valence-electron chi connectivity index (χ4n) is 2.85. The molecule has 4 nitrogen and oxygen atoms in total. The Morgan fingerprint density at radius 3 is 2.92 bits per heavy atom. The van der Waals surface area contributed by atoms with Gasteiger partial charge in [0.25, 0.3) is 0 Å². The first kappa shape index (κ1) is 18.9. The number of thioether (sulfide) groups is 1. The number of pyridine rings is 1. The second-order valence-corrected chi connectivity index (χ2v) is 8.04.